The van der Waals surface area contributed by atoms with Crippen molar-refractivity contribution in [3.05, 3.63) is 24.3 Å². The van der Waals surface area contributed by atoms with Crippen molar-refractivity contribution in [2.24, 2.45) is 0 Å². The Bertz CT molecular complexity index is 333. The van der Waals surface area contributed by atoms with E-state index >= 15 is 0 Å². The van der Waals surface area contributed by atoms with Gasteiger partial charge in [0.25, 0.3) is 0 Å². The van der Waals surface area contributed by atoms with Gasteiger partial charge in [-0.2, -0.15) is 0 Å². The molecular weight excluding hydrogens is 202 g/mol. The summed E-state index contributed by atoms with van der Waals surface area (Å²) in [5, 5.41) is 10.5. The number of nitrogens with zero attached hydrogens (tertiary/aromatic N) is 3. The maximum atomic E-state index is 10.5. The summed E-state index contributed by atoms with van der Waals surface area (Å²) >= 11 is 0. The van der Waals surface area contributed by atoms with Gasteiger partial charge in [0.15, 0.2) is 0 Å². The van der Waals surface area contributed by atoms with E-state index in [-0.39, 0.29) is 5.54 Å². The summed E-state index contributed by atoms with van der Waals surface area (Å²) in [6, 6.07) is 0. The van der Waals surface area contributed by atoms with E-state index in [1.54, 1.807) is 18.6 Å². The minimum Gasteiger partial charge on any atom is -0.385 e. The van der Waals surface area contributed by atoms with Crippen LogP contribution in [0, 0.1) is 0 Å². The van der Waals surface area contributed by atoms with E-state index in [9.17, 15) is 5.11 Å². The van der Waals surface area contributed by atoms with Gasteiger partial charge in [-0.15, -0.1) is 0 Å². The van der Waals surface area contributed by atoms with E-state index in [2.05, 4.69) is 14.9 Å². The molecule has 1 saturated carbocycles. The summed E-state index contributed by atoms with van der Waals surface area (Å²) in [5.41, 5.74) is 0.522. The highest BCUT2D eigenvalue weighted by Crippen LogP contribution is 2.42. The molecule has 1 aliphatic rings. The number of aliphatic hydroxyl groups excluding tert-OH is 1. The zero-order chi connectivity index (χ0) is 11.6. The molecule has 0 aliphatic heterocycles. The van der Waals surface area contributed by atoms with Gasteiger partial charge in [0.05, 0.1) is 17.4 Å². The van der Waals surface area contributed by atoms with Crippen LogP contribution in [0.3, 0.4) is 0 Å². The highest BCUT2D eigenvalue weighted by Gasteiger charge is 2.43. The molecule has 0 radical (unpaired) electrons. The first-order valence-corrected chi connectivity index (χ1v) is 5.78. The lowest BCUT2D eigenvalue weighted by molar-refractivity contribution is -0.00749. The lowest BCUT2D eigenvalue weighted by Gasteiger charge is -2.40. The van der Waals surface area contributed by atoms with Crippen molar-refractivity contribution in [3.8, 4) is 0 Å². The average molecular weight is 221 g/mol. The van der Waals surface area contributed by atoms with Gasteiger partial charge in [0, 0.05) is 12.4 Å². The second-order valence-corrected chi connectivity index (χ2v) is 4.74. The smallest absolute Gasteiger partial charge is 0.116 e. The van der Waals surface area contributed by atoms with Crippen LogP contribution in [0.1, 0.15) is 37.5 Å². The molecule has 1 atom stereocenters. The second kappa shape index (κ2) is 4.47. The monoisotopic (exact) mass is 221 g/mol. The Kier molecular flexibility index (Phi) is 3.21. The molecule has 1 unspecified atom stereocenters. The molecule has 1 N–H and O–H groups in total. The van der Waals surface area contributed by atoms with E-state index in [0.717, 1.165) is 12.8 Å². The van der Waals surface area contributed by atoms with E-state index in [1.807, 2.05) is 14.1 Å². The van der Waals surface area contributed by atoms with E-state index in [0.29, 0.717) is 5.69 Å². The van der Waals surface area contributed by atoms with Crippen LogP contribution in [-0.4, -0.2) is 39.6 Å². The third kappa shape index (κ3) is 1.83. The molecule has 1 aromatic rings. The van der Waals surface area contributed by atoms with E-state index < -0.39 is 6.10 Å². The van der Waals surface area contributed by atoms with Gasteiger partial charge in [-0.25, -0.2) is 0 Å². The molecule has 0 bridgehead atoms. The Morgan fingerprint density at radius 2 is 2.00 bits per heavy atom. The minimum absolute atomic E-state index is 0.157. The first-order valence-electron chi connectivity index (χ1n) is 5.78. The lowest BCUT2D eigenvalue weighted by atomic mass is 9.87. The van der Waals surface area contributed by atoms with Crippen molar-refractivity contribution in [2.75, 3.05) is 14.1 Å². The summed E-state index contributed by atoms with van der Waals surface area (Å²) in [4.78, 5) is 10.4. The topological polar surface area (TPSA) is 49.2 Å². The van der Waals surface area contributed by atoms with Crippen molar-refractivity contribution in [3.63, 3.8) is 0 Å². The van der Waals surface area contributed by atoms with Crippen LogP contribution in [0.4, 0.5) is 0 Å². The van der Waals surface area contributed by atoms with Crippen LogP contribution in [0.25, 0.3) is 0 Å². The van der Waals surface area contributed by atoms with Crippen molar-refractivity contribution >= 4 is 0 Å². The number of hydrogen-bond acceptors (Lipinski definition) is 4. The summed E-state index contributed by atoms with van der Waals surface area (Å²) in [6.07, 6.45) is 8.79. The molecular formula is C12H19N3O. The van der Waals surface area contributed by atoms with Crippen molar-refractivity contribution in [1.82, 2.24) is 14.9 Å². The van der Waals surface area contributed by atoms with Gasteiger partial charge >= 0.3 is 0 Å². The molecule has 1 heterocycles. The molecule has 0 spiro atoms. The molecule has 0 saturated heterocycles. The molecule has 4 heteroatoms. The molecule has 0 aromatic carbocycles. The number of likely N-dealkylation sites (N-methyl/N-ethyl adjacent to an activating group) is 1. The van der Waals surface area contributed by atoms with Crippen LogP contribution < -0.4 is 0 Å². The second-order valence-electron chi connectivity index (χ2n) is 4.74. The lowest BCUT2D eigenvalue weighted by Crippen LogP contribution is -2.47. The highest BCUT2D eigenvalue weighted by atomic mass is 16.3. The van der Waals surface area contributed by atoms with Crippen LogP contribution in [0.2, 0.25) is 0 Å². The molecule has 2 rings (SSSR count). The first-order chi connectivity index (χ1) is 7.67. The zero-order valence-corrected chi connectivity index (χ0v) is 9.93. The Balaban J connectivity index is 2.28. The standard InChI is InChI=1S/C12H19N3O/c1-15(2)12(5-3-4-6-12)11(16)10-9-13-7-8-14-10/h7-9,11,16H,3-6H2,1-2H3. The fourth-order valence-corrected chi connectivity index (χ4v) is 2.68. The quantitative estimate of drug-likeness (QED) is 0.838. The maximum absolute atomic E-state index is 10.5. The van der Waals surface area contributed by atoms with Crippen LogP contribution >= 0.6 is 0 Å². The minimum atomic E-state index is -0.543. The Hall–Kier alpha value is -1.00. The van der Waals surface area contributed by atoms with Gasteiger partial charge in [0.1, 0.15) is 6.10 Å². The zero-order valence-electron chi connectivity index (χ0n) is 9.93. The summed E-state index contributed by atoms with van der Waals surface area (Å²) in [5.74, 6) is 0. The Labute approximate surface area is 96.3 Å². The maximum Gasteiger partial charge on any atom is 0.116 e. The summed E-state index contributed by atoms with van der Waals surface area (Å²) in [6.45, 7) is 0. The Morgan fingerprint density at radius 3 is 2.50 bits per heavy atom. The molecule has 1 aromatic heterocycles. The van der Waals surface area contributed by atoms with Crippen LogP contribution in [-0.2, 0) is 0 Å². The van der Waals surface area contributed by atoms with Crippen molar-refractivity contribution in [1.29, 1.82) is 0 Å². The van der Waals surface area contributed by atoms with Gasteiger partial charge in [-0.05, 0) is 26.9 Å². The summed E-state index contributed by atoms with van der Waals surface area (Å²) in [7, 11) is 4.07. The van der Waals surface area contributed by atoms with Crippen LogP contribution in [0.5, 0.6) is 0 Å². The summed E-state index contributed by atoms with van der Waals surface area (Å²) < 4.78 is 0. The molecule has 0 amide bonds. The normalized spacial score (nSPS) is 21.2. The Morgan fingerprint density at radius 1 is 1.31 bits per heavy atom. The predicted octanol–water partition coefficient (Wildman–Crippen LogP) is 1.38. The largest absolute Gasteiger partial charge is 0.385 e. The fraction of sp³-hybridized carbons (Fsp3) is 0.667. The number of aliphatic hydroxyl groups is 1. The number of aromatic nitrogens is 2. The molecule has 4 nitrogen and oxygen atoms in total. The van der Waals surface area contributed by atoms with Crippen molar-refractivity contribution in [2.45, 2.75) is 37.3 Å². The van der Waals surface area contributed by atoms with E-state index in [4.69, 9.17) is 0 Å². The molecule has 1 aliphatic carbocycles. The van der Waals surface area contributed by atoms with Gasteiger partial charge in [-0.1, -0.05) is 12.8 Å². The molecule has 1 fully saturated rings. The first kappa shape index (κ1) is 11.5. The molecule has 88 valence electrons. The van der Waals surface area contributed by atoms with Gasteiger partial charge in [0.2, 0.25) is 0 Å². The van der Waals surface area contributed by atoms with Crippen molar-refractivity contribution < 1.29 is 5.11 Å². The number of hydrogen-bond donors (Lipinski definition) is 1. The fourth-order valence-electron chi connectivity index (χ4n) is 2.68. The van der Waals surface area contributed by atoms with Gasteiger partial charge in [-0.3, -0.25) is 9.97 Å². The molecule has 16 heavy (non-hydrogen) atoms. The highest BCUT2D eigenvalue weighted by molar-refractivity contribution is 5.11. The third-order valence-corrected chi connectivity index (χ3v) is 3.73. The third-order valence-electron chi connectivity index (χ3n) is 3.73. The van der Waals surface area contributed by atoms with Crippen LogP contribution in [0.15, 0.2) is 18.6 Å². The van der Waals surface area contributed by atoms with E-state index in [1.165, 1.54) is 12.8 Å². The average Bonchev–Trinajstić information content (AvgIpc) is 2.79. The predicted molar refractivity (Wildman–Crippen MR) is 61.9 cm³/mol. The SMILES string of the molecule is CN(C)C1(C(O)c2cnccn2)CCCC1. The van der Waals surface area contributed by atoms with Gasteiger partial charge < -0.3 is 10.0 Å². The number of rotatable bonds is 3.